The van der Waals surface area contributed by atoms with E-state index in [4.69, 9.17) is 17.3 Å². The lowest BCUT2D eigenvalue weighted by atomic mass is 9.84. The summed E-state index contributed by atoms with van der Waals surface area (Å²) in [6, 6.07) is 7.72. The van der Waals surface area contributed by atoms with Crippen LogP contribution in [0.5, 0.6) is 0 Å². The average molecular weight is 303 g/mol. The molecule has 0 unspecified atom stereocenters. The highest BCUT2D eigenvalue weighted by molar-refractivity contribution is 6.30. The number of carbonyl (C=O) groups excluding carboxylic acids is 1. The molecule has 0 bridgehead atoms. The van der Waals surface area contributed by atoms with Crippen molar-refractivity contribution in [1.82, 2.24) is 5.32 Å². The number of hydrogen-bond acceptors (Lipinski definition) is 2. The van der Waals surface area contributed by atoms with Crippen molar-refractivity contribution < 1.29 is 4.79 Å². The first-order chi connectivity index (χ1) is 8.33. The number of nitrogens with two attached hydrogens (primary N) is 1. The van der Waals surface area contributed by atoms with E-state index in [1.165, 1.54) is 0 Å². The molecule has 1 aromatic carbocycles. The van der Waals surface area contributed by atoms with Crippen LogP contribution in [0.15, 0.2) is 24.3 Å². The van der Waals surface area contributed by atoms with Crippen LogP contribution >= 0.6 is 24.0 Å². The topological polar surface area (TPSA) is 55.1 Å². The average Bonchev–Trinajstić information content (AvgIpc) is 3.06. The fourth-order valence-corrected chi connectivity index (χ4v) is 2.04. The number of carbonyl (C=O) groups is 1. The van der Waals surface area contributed by atoms with E-state index in [1.807, 2.05) is 24.3 Å². The number of amides is 1. The van der Waals surface area contributed by atoms with Crippen LogP contribution in [0.25, 0.3) is 0 Å². The van der Waals surface area contributed by atoms with Gasteiger partial charge in [-0.3, -0.25) is 4.79 Å². The zero-order chi connectivity index (χ0) is 13.4. The van der Waals surface area contributed by atoms with Gasteiger partial charge in [0.05, 0.1) is 5.54 Å². The molecule has 0 saturated heterocycles. The second kappa shape index (κ2) is 5.70. The van der Waals surface area contributed by atoms with Crippen LogP contribution in [0.1, 0.15) is 32.3 Å². The molecule has 2 rings (SSSR count). The number of benzene rings is 1. The second-order valence-corrected chi connectivity index (χ2v) is 6.17. The predicted molar refractivity (Wildman–Crippen MR) is 80.9 cm³/mol. The molecule has 1 aliphatic rings. The van der Waals surface area contributed by atoms with E-state index < -0.39 is 5.54 Å². The number of hydrogen-bond donors (Lipinski definition) is 2. The van der Waals surface area contributed by atoms with Gasteiger partial charge in [0.1, 0.15) is 0 Å². The van der Waals surface area contributed by atoms with Crippen LogP contribution < -0.4 is 11.1 Å². The highest BCUT2D eigenvalue weighted by atomic mass is 35.5. The fourth-order valence-electron chi connectivity index (χ4n) is 1.85. The third kappa shape index (κ3) is 3.85. The summed E-state index contributed by atoms with van der Waals surface area (Å²) < 4.78 is 0. The maximum atomic E-state index is 11.8. The number of rotatable bonds is 4. The molecule has 0 aromatic heterocycles. The Morgan fingerprint density at radius 3 is 2.63 bits per heavy atom. The van der Waals surface area contributed by atoms with Gasteiger partial charge in [-0.1, -0.05) is 37.6 Å². The SMILES string of the molecule is CC(C)(CNC(=O)C1(N)CC1)c1cccc(Cl)c1.Cl. The van der Waals surface area contributed by atoms with Gasteiger partial charge in [-0.15, -0.1) is 12.4 Å². The van der Waals surface area contributed by atoms with Crippen LogP contribution in [0, 0.1) is 0 Å². The molecule has 0 heterocycles. The molecular formula is C14H20Cl2N2O. The molecule has 1 aromatic rings. The molecule has 3 N–H and O–H groups in total. The van der Waals surface area contributed by atoms with Crippen molar-refractivity contribution in [3.8, 4) is 0 Å². The molecular weight excluding hydrogens is 283 g/mol. The first kappa shape index (κ1) is 16.3. The number of nitrogens with one attached hydrogen (secondary N) is 1. The van der Waals surface area contributed by atoms with Gasteiger partial charge in [-0.05, 0) is 30.5 Å². The zero-order valence-corrected chi connectivity index (χ0v) is 12.8. The van der Waals surface area contributed by atoms with Crippen molar-refractivity contribution in [3.05, 3.63) is 34.9 Å². The summed E-state index contributed by atoms with van der Waals surface area (Å²) in [5, 5.41) is 3.65. The van der Waals surface area contributed by atoms with E-state index >= 15 is 0 Å². The van der Waals surface area contributed by atoms with Gasteiger partial charge >= 0.3 is 0 Å². The van der Waals surface area contributed by atoms with Gasteiger partial charge in [0.15, 0.2) is 0 Å². The molecule has 0 aliphatic heterocycles. The van der Waals surface area contributed by atoms with E-state index in [0.717, 1.165) is 18.4 Å². The van der Waals surface area contributed by atoms with Crippen molar-refractivity contribution in [3.63, 3.8) is 0 Å². The van der Waals surface area contributed by atoms with Crippen molar-refractivity contribution in [2.45, 2.75) is 37.6 Å². The van der Waals surface area contributed by atoms with E-state index in [9.17, 15) is 4.79 Å². The first-order valence-electron chi connectivity index (χ1n) is 6.17. The van der Waals surface area contributed by atoms with Crippen LogP contribution in [0.2, 0.25) is 5.02 Å². The normalized spacial score (nSPS) is 16.4. The van der Waals surface area contributed by atoms with Crippen molar-refractivity contribution >= 4 is 29.9 Å². The Hall–Kier alpha value is -0.770. The van der Waals surface area contributed by atoms with Gasteiger partial charge in [0, 0.05) is 17.0 Å². The van der Waals surface area contributed by atoms with Gasteiger partial charge < -0.3 is 11.1 Å². The fraction of sp³-hybridized carbons (Fsp3) is 0.500. The quantitative estimate of drug-likeness (QED) is 0.898. The molecule has 0 radical (unpaired) electrons. The van der Waals surface area contributed by atoms with Crippen LogP contribution in [0.4, 0.5) is 0 Å². The highest BCUT2D eigenvalue weighted by Gasteiger charge is 2.46. The molecule has 5 heteroatoms. The number of halogens is 2. The summed E-state index contributed by atoms with van der Waals surface area (Å²) in [6.45, 7) is 4.72. The molecule has 1 amide bonds. The van der Waals surface area contributed by atoms with Gasteiger partial charge in [-0.2, -0.15) is 0 Å². The maximum Gasteiger partial charge on any atom is 0.240 e. The largest absolute Gasteiger partial charge is 0.354 e. The molecule has 0 atom stereocenters. The molecule has 1 aliphatic carbocycles. The summed E-state index contributed by atoms with van der Waals surface area (Å²) in [7, 11) is 0. The minimum atomic E-state index is -0.607. The second-order valence-electron chi connectivity index (χ2n) is 5.73. The molecule has 3 nitrogen and oxygen atoms in total. The van der Waals surface area contributed by atoms with Gasteiger partial charge in [-0.25, -0.2) is 0 Å². The summed E-state index contributed by atoms with van der Waals surface area (Å²) in [5.41, 5.74) is 6.19. The highest BCUT2D eigenvalue weighted by Crippen LogP contribution is 2.32. The summed E-state index contributed by atoms with van der Waals surface area (Å²) >= 11 is 5.99. The molecule has 0 spiro atoms. The van der Waals surface area contributed by atoms with Crippen molar-refractivity contribution in [2.75, 3.05) is 6.54 Å². The molecule has 1 fully saturated rings. The Bertz CT molecular complexity index is 470. The molecule has 1 saturated carbocycles. The van der Waals surface area contributed by atoms with E-state index in [1.54, 1.807) is 0 Å². The smallest absolute Gasteiger partial charge is 0.240 e. The van der Waals surface area contributed by atoms with E-state index in [0.29, 0.717) is 11.6 Å². The van der Waals surface area contributed by atoms with Crippen LogP contribution in [-0.2, 0) is 10.2 Å². The summed E-state index contributed by atoms with van der Waals surface area (Å²) in [6.07, 6.45) is 1.58. The zero-order valence-electron chi connectivity index (χ0n) is 11.2. The van der Waals surface area contributed by atoms with E-state index in [-0.39, 0.29) is 23.7 Å². The van der Waals surface area contributed by atoms with Crippen LogP contribution in [0.3, 0.4) is 0 Å². The Balaban J connectivity index is 0.00000180. The first-order valence-corrected chi connectivity index (χ1v) is 6.55. The van der Waals surface area contributed by atoms with Gasteiger partial charge in [0.2, 0.25) is 5.91 Å². The third-order valence-electron chi connectivity index (χ3n) is 3.54. The minimum absolute atomic E-state index is 0. The van der Waals surface area contributed by atoms with Crippen molar-refractivity contribution in [1.29, 1.82) is 0 Å². The van der Waals surface area contributed by atoms with Crippen molar-refractivity contribution in [2.24, 2.45) is 5.73 Å². The van der Waals surface area contributed by atoms with E-state index in [2.05, 4.69) is 19.2 Å². The molecule has 106 valence electrons. The lowest BCUT2D eigenvalue weighted by Crippen LogP contribution is -2.46. The Morgan fingerprint density at radius 1 is 1.47 bits per heavy atom. The minimum Gasteiger partial charge on any atom is -0.354 e. The standard InChI is InChI=1S/C14H19ClN2O.ClH/c1-13(2,10-4-3-5-11(15)8-10)9-17-12(18)14(16)6-7-14;/h3-5,8H,6-7,9,16H2,1-2H3,(H,17,18);1H. The monoisotopic (exact) mass is 302 g/mol. The van der Waals surface area contributed by atoms with Crippen LogP contribution in [-0.4, -0.2) is 18.0 Å². The maximum absolute atomic E-state index is 11.8. The lowest BCUT2D eigenvalue weighted by Gasteiger charge is -2.26. The molecule has 19 heavy (non-hydrogen) atoms. The predicted octanol–water partition coefficient (Wildman–Crippen LogP) is 2.65. The van der Waals surface area contributed by atoms with Gasteiger partial charge in [0.25, 0.3) is 0 Å². The Labute approximate surface area is 125 Å². The lowest BCUT2D eigenvalue weighted by molar-refractivity contribution is -0.123. The third-order valence-corrected chi connectivity index (χ3v) is 3.77. The Morgan fingerprint density at radius 2 is 2.11 bits per heavy atom. The summed E-state index contributed by atoms with van der Waals surface area (Å²) in [4.78, 5) is 11.8. The Kier molecular flexibility index (Phi) is 4.88. The summed E-state index contributed by atoms with van der Waals surface area (Å²) in [5.74, 6) is -0.0439.